The molecule has 2 amide bonds. The first-order valence-electron chi connectivity index (χ1n) is 10.4. The lowest BCUT2D eigenvalue weighted by Crippen LogP contribution is -2.47. The highest BCUT2D eigenvalue weighted by Gasteiger charge is 2.32. The van der Waals surface area contributed by atoms with Crippen LogP contribution in [0.15, 0.2) is 12.3 Å². The molecule has 1 saturated carbocycles. The summed E-state index contributed by atoms with van der Waals surface area (Å²) in [6.45, 7) is 4.67. The third-order valence-electron chi connectivity index (χ3n) is 5.31. The summed E-state index contributed by atoms with van der Waals surface area (Å²) in [5.41, 5.74) is 6.99. The summed E-state index contributed by atoms with van der Waals surface area (Å²) in [5.74, 6) is 0.704. The number of fused-ring (bicyclic) bond motifs is 1. The van der Waals surface area contributed by atoms with Crippen molar-refractivity contribution >= 4 is 34.6 Å². The van der Waals surface area contributed by atoms with E-state index in [4.69, 9.17) is 5.73 Å². The molecular formula is C21H31N7O2. The lowest BCUT2D eigenvalue weighted by molar-refractivity contribution is -0.122. The molecular weight excluding hydrogens is 382 g/mol. The molecule has 0 unspecified atom stereocenters. The van der Waals surface area contributed by atoms with Crippen LogP contribution < -0.4 is 16.4 Å². The number of nitrogen functional groups attached to an aromatic ring is 1. The van der Waals surface area contributed by atoms with Crippen LogP contribution in [0.3, 0.4) is 0 Å². The van der Waals surface area contributed by atoms with Crippen LogP contribution in [0.5, 0.6) is 0 Å². The van der Waals surface area contributed by atoms with Gasteiger partial charge in [-0.2, -0.15) is 4.98 Å². The average molecular weight is 414 g/mol. The van der Waals surface area contributed by atoms with Crippen molar-refractivity contribution in [2.75, 3.05) is 31.7 Å². The number of hydrogen-bond donors (Lipinski definition) is 3. The van der Waals surface area contributed by atoms with Crippen LogP contribution in [0.1, 0.15) is 56.3 Å². The van der Waals surface area contributed by atoms with Crippen molar-refractivity contribution in [3.8, 4) is 0 Å². The number of nitrogens with two attached hydrogens (primary N) is 1. The van der Waals surface area contributed by atoms with Crippen LogP contribution in [-0.4, -0.2) is 57.8 Å². The Hall–Kier alpha value is -2.97. The number of nitrogens with one attached hydrogen (secondary N) is 2. The summed E-state index contributed by atoms with van der Waals surface area (Å²) in [6, 6.07) is 1.67. The molecule has 1 aliphatic rings. The van der Waals surface area contributed by atoms with E-state index in [-0.39, 0.29) is 23.7 Å². The van der Waals surface area contributed by atoms with Crippen LogP contribution in [-0.2, 0) is 4.79 Å². The van der Waals surface area contributed by atoms with Crippen LogP contribution in [0.2, 0.25) is 0 Å². The van der Waals surface area contributed by atoms with E-state index in [2.05, 4.69) is 39.4 Å². The van der Waals surface area contributed by atoms with Crippen molar-refractivity contribution < 1.29 is 9.59 Å². The van der Waals surface area contributed by atoms with Gasteiger partial charge in [-0.15, -0.1) is 0 Å². The fourth-order valence-corrected chi connectivity index (χ4v) is 3.32. The molecule has 1 atom stereocenters. The zero-order valence-corrected chi connectivity index (χ0v) is 18.2. The third-order valence-corrected chi connectivity index (χ3v) is 5.31. The first-order valence-corrected chi connectivity index (χ1v) is 10.4. The lowest BCUT2D eigenvalue weighted by atomic mass is 9.94. The van der Waals surface area contributed by atoms with E-state index in [0.717, 1.165) is 32.1 Å². The predicted octanol–water partition coefficient (Wildman–Crippen LogP) is 2.20. The number of carbonyl (C=O) groups is 2. The number of carbonyl (C=O) groups excluding carboxylic acids is 2. The molecule has 1 fully saturated rings. The number of hydrogen-bond acceptors (Lipinski definition) is 7. The van der Waals surface area contributed by atoms with E-state index in [1.165, 1.54) is 11.1 Å². The van der Waals surface area contributed by atoms with Crippen LogP contribution in [0.4, 0.5) is 11.8 Å². The number of anilines is 2. The molecule has 2 heterocycles. The topological polar surface area (TPSA) is 126 Å². The summed E-state index contributed by atoms with van der Waals surface area (Å²) in [6.07, 6.45) is 6.33. The first-order chi connectivity index (χ1) is 14.2. The van der Waals surface area contributed by atoms with Crippen LogP contribution in [0, 0.1) is 5.92 Å². The van der Waals surface area contributed by atoms with Crippen molar-refractivity contribution in [3.05, 3.63) is 17.8 Å². The molecule has 0 aliphatic heterocycles. The van der Waals surface area contributed by atoms with Crippen LogP contribution >= 0.6 is 0 Å². The summed E-state index contributed by atoms with van der Waals surface area (Å²) in [5, 5.41) is 6.52. The standard InChI is InChI=1S/C21H31N7O2/c1-5-6-9-21(2,12-24-18(29)13-7-8-13)27-17-16-15(25-20(22)26-17)10-14(11-23-16)19(30)28(3)4/h10-11,13H,5-9,12H2,1-4H3,(H,24,29)(H3,22,25,26,27)/t21-/m1/s1. The first kappa shape index (κ1) is 21.7. The Labute approximate surface area is 176 Å². The Balaban J connectivity index is 1.89. The molecule has 162 valence electrons. The highest BCUT2D eigenvalue weighted by atomic mass is 16.2. The maximum atomic E-state index is 12.3. The van der Waals surface area contributed by atoms with Crippen molar-refractivity contribution in [2.45, 2.75) is 51.5 Å². The molecule has 1 aliphatic carbocycles. The molecule has 0 aromatic carbocycles. The highest BCUT2D eigenvalue weighted by Crippen LogP contribution is 2.30. The number of rotatable bonds is 9. The number of aromatic nitrogens is 3. The Morgan fingerprint density at radius 3 is 2.67 bits per heavy atom. The molecule has 2 aromatic heterocycles. The van der Waals surface area contributed by atoms with Gasteiger partial charge in [-0.3, -0.25) is 9.59 Å². The van der Waals surface area contributed by atoms with Gasteiger partial charge in [0.15, 0.2) is 5.82 Å². The molecule has 0 radical (unpaired) electrons. The molecule has 9 heteroatoms. The fourth-order valence-electron chi connectivity index (χ4n) is 3.32. The monoisotopic (exact) mass is 413 g/mol. The molecule has 0 spiro atoms. The van der Waals surface area contributed by atoms with E-state index in [1.807, 2.05) is 0 Å². The normalized spacial score (nSPS) is 15.5. The van der Waals surface area contributed by atoms with Gasteiger partial charge >= 0.3 is 0 Å². The largest absolute Gasteiger partial charge is 0.368 e. The van der Waals surface area contributed by atoms with Gasteiger partial charge in [-0.25, -0.2) is 9.97 Å². The van der Waals surface area contributed by atoms with E-state index in [1.54, 1.807) is 20.2 Å². The Morgan fingerprint density at radius 2 is 2.03 bits per heavy atom. The maximum Gasteiger partial charge on any atom is 0.254 e. The molecule has 4 N–H and O–H groups in total. The fraction of sp³-hybridized carbons (Fsp3) is 0.571. The van der Waals surface area contributed by atoms with Gasteiger partial charge in [0.25, 0.3) is 5.91 Å². The minimum absolute atomic E-state index is 0.0982. The Morgan fingerprint density at radius 1 is 1.30 bits per heavy atom. The van der Waals surface area contributed by atoms with Crippen molar-refractivity contribution in [2.24, 2.45) is 5.92 Å². The number of amides is 2. The maximum absolute atomic E-state index is 12.3. The van der Waals surface area contributed by atoms with E-state index >= 15 is 0 Å². The third kappa shape index (κ3) is 5.14. The molecule has 2 aromatic rings. The second kappa shape index (κ2) is 8.81. The molecule has 30 heavy (non-hydrogen) atoms. The second-order valence-corrected chi connectivity index (χ2v) is 8.50. The molecule has 0 saturated heterocycles. The molecule has 3 rings (SSSR count). The zero-order chi connectivity index (χ0) is 21.9. The minimum Gasteiger partial charge on any atom is -0.368 e. The van der Waals surface area contributed by atoms with Gasteiger partial charge in [-0.05, 0) is 32.3 Å². The number of pyridine rings is 1. The van der Waals surface area contributed by atoms with Gasteiger partial charge in [0.05, 0.1) is 16.6 Å². The van der Waals surface area contributed by atoms with Gasteiger partial charge < -0.3 is 21.3 Å². The van der Waals surface area contributed by atoms with Crippen LogP contribution in [0.25, 0.3) is 11.0 Å². The van der Waals surface area contributed by atoms with Crippen molar-refractivity contribution in [3.63, 3.8) is 0 Å². The quantitative estimate of drug-likeness (QED) is 0.575. The smallest absolute Gasteiger partial charge is 0.254 e. The van der Waals surface area contributed by atoms with E-state index in [0.29, 0.717) is 29.0 Å². The van der Waals surface area contributed by atoms with Gasteiger partial charge in [0.1, 0.15) is 5.52 Å². The van der Waals surface area contributed by atoms with Crippen molar-refractivity contribution in [1.82, 2.24) is 25.2 Å². The Kier molecular flexibility index (Phi) is 6.38. The minimum atomic E-state index is -0.423. The number of unbranched alkanes of at least 4 members (excludes halogenated alkanes) is 1. The summed E-state index contributed by atoms with van der Waals surface area (Å²) < 4.78 is 0. The second-order valence-electron chi connectivity index (χ2n) is 8.50. The van der Waals surface area contributed by atoms with Gasteiger partial charge in [-0.1, -0.05) is 19.8 Å². The summed E-state index contributed by atoms with van der Waals surface area (Å²) in [7, 11) is 3.37. The van der Waals surface area contributed by atoms with E-state index < -0.39 is 5.54 Å². The lowest BCUT2D eigenvalue weighted by Gasteiger charge is -2.32. The molecule has 0 bridgehead atoms. The van der Waals surface area contributed by atoms with Crippen molar-refractivity contribution in [1.29, 1.82) is 0 Å². The summed E-state index contributed by atoms with van der Waals surface area (Å²) in [4.78, 5) is 39.0. The summed E-state index contributed by atoms with van der Waals surface area (Å²) >= 11 is 0. The zero-order valence-electron chi connectivity index (χ0n) is 18.2. The number of nitrogens with zero attached hydrogens (tertiary/aromatic N) is 4. The van der Waals surface area contributed by atoms with Gasteiger partial charge in [0.2, 0.25) is 11.9 Å². The predicted molar refractivity (Wildman–Crippen MR) is 117 cm³/mol. The Bertz CT molecular complexity index is 942. The molecule has 9 nitrogen and oxygen atoms in total. The SMILES string of the molecule is CCCC[C@](C)(CNC(=O)C1CC1)Nc1nc(N)nc2cc(C(=O)N(C)C)cnc12. The van der Waals surface area contributed by atoms with E-state index in [9.17, 15) is 9.59 Å². The average Bonchev–Trinajstić information content (AvgIpc) is 3.55. The van der Waals surface area contributed by atoms with Gasteiger partial charge in [0, 0.05) is 32.8 Å². The highest BCUT2D eigenvalue weighted by molar-refractivity contribution is 5.98.